The summed E-state index contributed by atoms with van der Waals surface area (Å²) in [7, 11) is 1.33. The Morgan fingerprint density at radius 2 is 2.25 bits per heavy atom. The molecule has 0 aliphatic heterocycles. The summed E-state index contributed by atoms with van der Waals surface area (Å²) in [5.41, 5.74) is 0.202. The van der Waals surface area contributed by atoms with Crippen molar-refractivity contribution in [3.05, 3.63) is 36.7 Å². The number of anilines is 1. The molecule has 0 aromatic heterocycles. The Hall–Kier alpha value is -2.57. The number of methoxy groups -OCH3 is 1. The van der Waals surface area contributed by atoms with Crippen LogP contribution < -0.4 is 10.1 Å². The van der Waals surface area contributed by atoms with E-state index in [0.717, 1.165) is 11.0 Å². The lowest BCUT2D eigenvalue weighted by Crippen LogP contribution is -2.38. The molecule has 0 unspecified atom stereocenters. The lowest BCUT2D eigenvalue weighted by atomic mass is 10.3. The van der Waals surface area contributed by atoms with E-state index in [-0.39, 0.29) is 18.0 Å². The number of ether oxygens (including phenoxy) is 1. The number of halogens is 1. The summed E-state index contributed by atoms with van der Waals surface area (Å²) in [6, 6.07) is 3.24. The number of amides is 2. The number of carbonyl (C=O) groups excluding carboxylic acids is 1. The predicted molar refractivity (Wildman–Crippen MR) is 71.4 cm³/mol. The fraction of sp³-hybridized carbons (Fsp3) is 0.231. The van der Waals surface area contributed by atoms with Gasteiger partial charge >= 0.3 is 12.0 Å². The van der Waals surface area contributed by atoms with Crippen LogP contribution in [-0.4, -0.2) is 42.2 Å². The normalized spacial score (nSPS) is 9.70. The maximum atomic E-state index is 13.5. The highest BCUT2D eigenvalue weighted by molar-refractivity contribution is 5.91. The third kappa shape index (κ3) is 4.27. The Balaban J connectivity index is 2.79. The number of aliphatic carboxylic acids is 1. The first-order chi connectivity index (χ1) is 9.47. The predicted octanol–water partition coefficient (Wildman–Crippen LogP) is 1.94. The van der Waals surface area contributed by atoms with Crippen molar-refractivity contribution in [1.29, 1.82) is 0 Å². The van der Waals surface area contributed by atoms with Gasteiger partial charge in [0.2, 0.25) is 0 Å². The maximum Gasteiger partial charge on any atom is 0.323 e. The smallest absolute Gasteiger partial charge is 0.323 e. The molecule has 1 aromatic carbocycles. The van der Waals surface area contributed by atoms with E-state index >= 15 is 0 Å². The van der Waals surface area contributed by atoms with Crippen LogP contribution in [0.25, 0.3) is 0 Å². The fourth-order valence-electron chi connectivity index (χ4n) is 1.49. The molecular weight excluding hydrogens is 267 g/mol. The largest absolute Gasteiger partial charge is 0.494 e. The summed E-state index contributed by atoms with van der Waals surface area (Å²) in [6.45, 7) is 3.03. The highest BCUT2D eigenvalue weighted by Gasteiger charge is 2.16. The minimum absolute atomic E-state index is 0.0523. The standard InChI is InChI=1S/C13H15FN2O4/c1-3-6-16(8-12(17)18)13(19)15-9-4-5-11(20-2)10(14)7-9/h3-5,7H,1,6,8H2,2H3,(H,15,19)(H,17,18). The number of hydrogen-bond acceptors (Lipinski definition) is 3. The van der Waals surface area contributed by atoms with E-state index < -0.39 is 24.4 Å². The van der Waals surface area contributed by atoms with Gasteiger partial charge in [0, 0.05) is 18.3 Å². The molecule has 108 valence electrons. The van der Waals surface area contributed by atoms with Crippen LogP contribution in [0, 0.1) is 5.82 Å². The molecular formula is C13H15FN2O4. The third-order valence-corrected chi connectivity index (χ3v) is 2.37. The van der Waals surface area contributed by atoms with Crippen molar-refractivity contribution < 1.29 is 23.8 Å². The van der Waals surface area contributed by atoms with Gasteiger partial charge in [0.05, 0.1) is 7.11 Å². The lowest BCUT2D eigenvalue weighted by molar-refractivity contribution is -0.137. The number of benzene rings is 1. The van der Waals surface area contributed by atoms with E-state index in [4.69, 9.17) is 9.84 Å². The molecule has 0 saturated heterocycles. The molecule has 0 bridgehead atoms. The van der Waals surface area contributed by atoms with Crippen molar-refractivity contribution in [2.24, 2.45) is 0 Å². The number of nitrogens with zero attached hydrogens (tertiary/aromatic N) is 1. The fourth-order valence-corrected chi connectivity index (χ4v) is 1.49. The topological polar surface area (TPSA) is 78.9 Å². The average Bonchev–Trinajstić information content (AvgIpc) is 2.38. The SMILES string of the molecule is C=CCN(CC(=O)O)C(=O)Nc1ccc(OC)c(F)c1. The van der Waals surface area contributed by atoms with Crippen LogP contribution in [0.15, 0.2) is 30.9 Å². The second-order valence-electron chi connectivity index (χ2n) is 3.84. The minimum Gasteiger partial charge on any atom is -0.494 e. The van der Waals surface area contributed by atoms with E-state index in [1.807, 2.05) is 0 Å². The van der Waals surface area contributed by atoms with Crippen molar-refractivity contribution in [3.63, 3.8) is 0 Å². The molecule has 0 saturated carbocycles. The first-order valence-electron chi connectivity index (χ1n) is 5.70. The molecule has 0 atom stereocenters. The number of carboxylic acid groups (broad SMARTS) is 1. The van der Waals surface area contributed by atoms with E-state index in [2.05, 4.69) is 11.9 Å². The molecule has 0 aliphatic rings. The quantitative estimate of drug-likeness (QED) is 0.781. The summed E-state index contributed by atoms with van der Waals surface area (Å²) in [5, 5.41) is 11.1. The van der Waals surface area contributed by atoms with Crippen LogP contribution in [0.5, 0.6) is 5.75 Å². The van der Waals surface area contributed by atoms with Crippen molar-refractivity contribution >= 4 is 17.7 Å². The number of urea groups is 1. The highest BCUT2D eigenvalue weighted by atomic mass is 19.1. The van der Waals surface area contributed by atoms with Gasteiger partial charge in [0.1, 0.15) is 6.54 Å². The van der Waals surface area contributed by atoms with Crippen LogP contribution in [-0.2, 0) is 4.79 Å². The monoisotopic (exact) mass is 282 g/mol. The minimum atomic E-state index is -1.15. The summed E-state index contributed by atoms with van der Waals surface area (Å²) in [5.74, 6) is -1.72. The van der Waals surface area contributed by atoms with Crippen LogP contribution in [0.2, 0.25) is 0 Å². The molecule has 0 aliphatic carbocycles. The third-order valence-electron chi connectivity index (χ3n) is 2.37. The van der Waals surface area contributed by atoms with Gasteiger partial charge in [0.25, 0.3) is 0 Å². The van der Waals surface area contributed by atoms with Crippen molar-refractivity contribution in [2.45, 2.75) is 0 Å². The Bertz CT molecular complexity index is 519. The van der Waals surface area contributed by atoms with Crippen molar-refractivity contribution in [3.8, 4) is 5.75 Å². The van der Waals surface area contributed by atoms with Crippen LogP contribution in [0.3, 0.4) is 0 Å². The molecule has 0 fully saturated rings. The summed E-state index contributed by atoms with van der Waals surface area (Å²) < 4.78 is 18.2. The van der Waals surface area contributed by atoms with E-state index in [1.165, 1.54) is 25.3 Å². The first-order valence-corrected chi connectivity index (χ1v) is 5.70. The van der Waals surface area contributed by atoms with Gasteiger partial charge in [-0.05, 0) is 12.1 Å². The molecule has 0 heterocycles. The second kappa shape index (κ2) is 7.13. The van der Waals surface area contributed by atoms with Gasteiger partial charge in [-0.25, -0.2) is 9.18 Å². The molecule has 2 amide bonds. The van der Waals surface area contributed by atoms with Gasteiger partial charge in [-0.2, -0.15) is 0 Å². The molecule has 6 nitrogen and oxygen atoms in total. The molecule has 1 aromatic rings. The zero-order valence-electron chi connectivity index (χ0n) is 10.9. The Labute approximate surface area is 115 Å². The van der Waals surface area contributed by atoms with Crippen LogP contribution in [0.1, 0.15) is 0 Å². The maximum absolute atomic E-state index is 13.5. The Kier molecular flexibility index (Phi) is 5.52. The number of hydrogen-bond donors (Lipinski definition) is 2. The lowest BCUT2D eigenvalue weighted by Gasteiger charge is -2.19. The summed E-state index contributed by atoms with van der Waals surface area (Å²) in [6.07, 6.45) is 1.40. The van der Waals surface area contributed by atoms with Gasteiger partial charge in [-0.15, -0.1) is 6.58 Å². The van der Waals surface area contributed by atoms with Crippen molar-refractivity contribution in [2.75, 3.05) is 25.5 Å². The van der Waals surface area contributed by atoms with Gasteiger partial charge in [0.15, 0.2) is 11.6 Å². The molecule has 0 radical (unpaired) electrons. The molecule has 1 rings (SSSR count). The summed E-state index contributed by atoms with van der Waals surface area (Å²) in [4.78, 5) is 23.5. The van der Waals surface area contributed by atoms with Crippen LogP contribution >= 0.6 is 0 Å². The molecule has 7 heteroatoms. The highest BCUT2D eigenvalue weighted by Crippen LogP contribution is 2.20. The van der Waals surface area contributed by atoms with Crippen LogP contribution in [0.4, 0.5) is 14.9 Å². The number of rotatable bonds is 6. The van der Waals surface area contributed by atoms with E-state index in [0.29, 0.717) is 0 Å². The summed E-state index contributed by atoms with van der Waals surface area (Å²) >= 11 is 0. The van der Waals surface area contributed by atoms with Gasteiger partial charge in [-0.3, -0.25) is 4.79 Å². The zero-order chi connectivity index (χ0) is 15.1. The second-order valence-corrected chi connectivity index (χ2v) is 3.84. The Morgan fingerprint density at radius 1 is 1.55 bits per heavy atom. The van der Waals surface area contributed by atoms with Gasteiger partial charge in [-0.1, -0.05) is 6.08 Å². The average molecular weight is 282 g/mol. The first kappa shape index (κ1) is 15.5. The molecule has 20 heavy (non-hydrogen) atoms. The molecule has 2 N–H and O–H groups in total. The van der Waals surface area contributed by atoms with Crippen molar-refractivity contribution in [1.82, 2.24) is 4.90 Å². The number of nitrogens with one attached hydrogen (secondary N) is 1. The Morgan fingerprint density at radius 3 is 2.75 bits per heavy atom. The number of carbonyl (C=O) groups is 2. The molecule has 0 spiro atoms. The number of carboxylic acids is 1. The van der Waals surface area contributed by atoms with E-state index in [1.54, 1.807) is 0 Å². The zero-order valence-corrected chi connectivity index (χ0v) is 10.9. The van der Waals surface area contributed by atoms with E-state index in [9.17, 15) is 14.0 Å². The van der Waals surface area contributed by atoms with Gasteiger partial charge < -0.3 is 20.1 Å².